The van der Waals surface area contributed by atoms with Gasteiger partial charge in [0.1, 0.15) is 5.82 Å². The zero-order valence-electron chi connectivity index (χ0n) is 7.36. The van der Waals surface area contributed by atoms with Gasteiger partial charge in [0, 0.05) is 11.9 Å². The Balaban J connectivity index is 2.15. The average Bonchev–Trinajstić information content (AvgIpc) is 2.53. The average molecular weight is 174 g/mol. The summed E-state index contributed by atoms with van der Waals surface area (Å²) in [5, 5.41) is 6.83. The van der Waals surface area contributed by atoms with E-state index in [4.69, 9.17) is 0 Å². The van der Waals surface area contributed by atoms with E-state index in [1.807, 2.05) is 25.1 Å². The molecule has 0 fully saturated rings. The van der Waals surface area contributed by atoms with Gasteiger partial charge >= 0.3 is 0 Å². The number of nitrogens with one attached hydrogen (secondary N) is 1. The zero-order chi connectivity index (χ0) is 9.10. The lowest BCUT2D eigenvalue weighted by molar-refractivity contribution is 0.941. The molecule has 4 heteroatoms. The minimum Gasteiger partial charge on any atom is -0.263 e. The fourth-order valence-corrected chi connectivity index (χ4v) is 1.13. The molecule has 0 atom stereocenters. The van der Waals surface area contributed by atoms with E-state index in [2.05, 4.69) is 20.2 Å². The van der Waals surface area contributed by atoms with Gasteiger partial charge in [-0.2, -0.15) is 5.10 Å². The largest absolute Gasteiger partial charge is 0.263 e. The summed E-state index contributed by atoms with van der Waals surface area (Å²) in [7, 11) is 0. The van der Waals surface area contributed by atoms with Crippen LogP contribution in [0, 0.1) is 6.92 Å². The first-order valence-corrected chi connectivity index (χ1v) is 4.12. The Morgan fingerprint density at radius 3 is 2.92 bits per heavy atom. The van der Waals surface area contributed by atoms with Gasteiger partial charge in [0.05, 0.1) is 6.42 Å². The van der Waals surface area contributed by atoms with Crippen LogP contribution in [0.25, 0.3) is 0 Å². The minimum absolute atomic E-state index is 0.686. The topological polar surface area (TPSA) is 54.5 Å². The molecule has 4 nitrogen and oxygen atoms in total. The van der Waals surface area contributed by atoms with Crippen molar-refractivity contribution in [3.8, 4) is 0 Å². The van der Waals surface area contributed by atoms with Gasteiger partial charge < -0.3 is 0 Å². The van der Waals surface area contributed by atoms with Crippen molar-refractivity contribution in [2.45, 2.75) is 13.3 Å². The normalized spacial score (nSPS) is 10.2. The lowest BCUT2D eigenvalue weighted by Crippen LogP contribution is -1.93. The molecule has 66 valence electrons. The van der Waals surface area contributed by atoms with Gasteiger partial charge in [-0.05, 0) is 19.1 Å². The molecule has 2 aromatic rings. The molecule has 1 N–H and O–H groups in total. The van der Waals surface area contributed by atoms with Gasteiger partial charge in [-0.3, -0.25) is 10.1 Å². The number of hydrogen-bond donors (Lipinski definition) is 1. The van der Waals surface area contributed by atoms with Crippen molar-refractivity contribution in [2.24, 2.45) is 0 Å². The number of aryl methyl sites for hydroxylation is 1. The monoisotopic (exact) mass is 174 g/mol. The summed E-state index contributed by atoms with van der Waals surface area (Å²) >= 11 is 0. The van der Waals surface area contributed by atoms with Crippen LogP contribution in [-0.4, -0.2) is 20.2 Å². The van der Waals surface area contributed by atoms with Crippen LogP contribution in [0.15, 0.2) is 24.4 Å². The molecule has 0 aliphatic heterocycles. The molecule has 0 aliphatic rings. The van der Waals surface area contributed by atoms with E-state index in [0.29, 0.717) is 6.42 Å². The van der Waals surface area contributed by atoms with Crippen molar-refractivity contribution in [1.82, 2.24) is 20.2 Å². The summed E-state index contributed by atoms with van der Waals surface area (Å²) in [6, 6.07) is 5.82. The van der Waals surface area contributed by atoms with Crippen LogP contribution in [0.3, 0.4) is 0 Å². The second-order valence-corrected chi connectivity index (χ2v) is 2.83. The predicted molar refractivity (Wildman–Crippen MR) is 48.2 cm³/mol. The van der Waals surface area contributed by atoms with Crippen LogP contribution >= 0.6 is 0 Å². The van der Waals surface area contributed by atoms with Crippen LogP contribution in [-0.2, 0) is 6.42 Å². The number of rotatable bonds is 2. The Kier molecular flexibility index (Phi) is 2.04. The molecule has 13 heavy (non-hydrogen) atoms. The Labute approximate surface area is 76.1 Å². The van der Waals surface area contributed by atoms with Crippen LogP contribution in [0.4, 0.5) is 0 Å². The lowest BCUT2D eigenvalue weighted by atomic mass is 10.3. The molecule has 0 amide bonds. The highest BCUT2D eigenvalue weighted by molar-refractivity contribution is 5.09. The van der Waals surface area contributed by atoms with Crippen molar-refractivity contribution in [3.05, 3.63) is 41.7 Å². The minimum atomic E-state index is 0.686. The SMILES string of the molecule is Cc1nc(Cc2ccccn2)n[nH]1. The van der Waals surface area contributed by atoms with E-state index < -0.39 is 0 Å². The fraction of sp³-hybridized carbons (Fsp3) is 0.222. The maximum Gasteiger partial charge on any atom is 0.156 e. The van der Waals surface area contributed by atoms with Gasteiger partial charge in [0.25, 0.3) is 0 Å². The molecule has 0 radical (unpaired) electrons. The Morgan fingerprint density at radius 1 is 1.38 bits per heavy atom. The summed E-state index contributed by atoms with van der Waals surface area (Å²) in [5.41, 5.74) is 0.988. The third-order valence-corrected chi connectivity index (χ3v) is 1.71. The summed E-state index contributed by atoms with van der Waals surface area (Å²) < 4.78 is 0. The number of aromatic amines is 1. The summed E-state index contributed by atoms with van der Waals surface area (Å²) in [6.45, 7) is 1.88. The van der Waals surface area contributed by atoms with E-state index >= 15 is 0 Å². The predicted octanol–water partition coefficient (Wildman–Crippen LogP) is 1.10. The molecule has 0 unspecified atom stereocenters. The van der Waals surface area contributed by atoms with Crippen molar-refractivity contribution >= 4 is 0 Å². The maximum atomic E-state index is 4.20. The second kappa shape index (κ2) is 3.35. The van der Waals surface area contributed by atoms with E-state index in [1.165, 1.54) is 0 Å². The Hall–Kier alpha value is -1.71. The molecule has 0 spiro atoms. The van der Waals surface area contributed by atoms with Gasteiger partial charge in [-0.1, -0.05) is 6.07 Å². The molecule has 2 aromatic heterocycles. The van der Waals surface area contributed by atoms with E-state index in [-0.39, 0.29) is 0 Å². The quantitative estimate of drug-likeness (QED) is 0.741. The van der Waals surface area contributed by atoms with Crippen molar-refractivity contribution in [1.29, 1.82) is 0 Å². The van der Waals surface area contributed by atoms with Crippen molar-refractivity contribution in [2.75, 3.05) is 0 Å². The standard InChI is InChI=1S/C9H10N4/c1-7-11-9(13-12-7)6-8-4-2-3-5-10-8/h2-5H,6H2,1H3,(H,11,12,13). The first kappa shape index (κ1) is 7.91. The Morgan fingerprint density at radius 2 is 2.31 bits per heavy atom. The highest BCUT2D eigenvalue weighted by atomic mass is 15.2. The summed E-state index contributed by atoms with van der Waals surface area (Å²) in [4.78, 5) is 8.39. The molecule has 0 saturated heterocycles. The zero-order valence-corrected chi connectivity index (χ0v) is 7.36. The highest BCUT2D eigenvalue weighted by Crippen LogP contribution is 2.00. The molecular formula is C9H10N4. The van der Waals surface area contributed by atoms with Crippen LogP contribution in [0.5, 0.6) is 0 Å². The third-order valence-electron chi connectivity index (χ3n) is 1.71. The second-order valence-electron chi connectivity index (χ2n) is 2.83. The van der Waals surface area contributed by atoms with Crippen LogP contribution < -0.4 is 0 Å². The van der Waals surface area contributed by atoms with E-state index in [0.717, 1.165) is 17.3 Å². The molecule has 0 aliphatic carbocycles. The number of hydrogen-bond acceptors (Lipinski definition) is 3. The Bertz CT molecular complexity index is 380. The van der Waals surface area contributed by atoms with Crippen molar-refractivity contribution in [3.63, 3.8) is 0 Å². The number of pyridine rings is 1. The smallest absolute Gasteiger partial charge is 0.156 e. The lowest BCUT2D eigenvalue weighted by Gasteiger charge is -1.93. The van der Waals surface area contributed by atoms with Crippen LogP contribution in [0.1, 0.15) is 17.3 Å². The van der Waals surface area contributed by atoms with Gasteiger partial charge in [0.15, 0.2) is 5.82 Å². The number of nitrogens with zero attached hydrogens (tertiary/aromatic N) is 3. The molecule has 2 heterocycles. The maximum absolute atomic E-state index is 4.20. The van der Waals surface area contributed by atoms with E-state index in [1.54, 1.807) is 6.20 Å². The molecule has 0 saturated carbocycles. The first-order valence-electron chi connectivity index (χ1n) is 4.12. The van der Waals surface area contributed by atoms with Gasteiger partial charge in [-0.25, -0.2) is 4.98 Å². The van der Waals surface area contributed by atoms with E-state index in [9.17, 15) is 0 Å². The number of H-pyrrole nitrogens is 1. The first-order chi connectivity index (χ1) is 6.34. The summed E-state index contributed by atoms with van der Waals surface area (Å²) in [5.74, 6) is 1.63. The van der Waals surface area contributed by atoms with Gasteiger partial charge in [-0.15, -0.1) is 0 Å². The molecular weight excluding hydrogens is 164 g/mol. The number of aromatic nitrogens is 4. The van der Waals surface area contributed by atoms with Crippen LogP contribution in [0.2, 0.25) is 0 Å². The third kappa shape index (κ3) is 1.90. The molecule has 0 aromatic carbocycles. The molecule has 0 bridgehead atoms. The van der Waals surface area contributed by atoms with Crippen molar-refractivity contribution < 1.29 is 0 Å². The van der Waals surface area contributed by atoms with Gasteiger partial charge in [0.2, 0.25) is 0 Å². The molecule has 2 rings (SSSR count). The fourth-order valence-electron chi connectivity index (χ4n) is 1.13. The summed E-state index contributed by atoms with van der Waals surface area (Å²) in [6.07, 6.45) is 2.46. The highest BCUT2D eigenvalue weighted by Gasteiger charge is 2.01.